The fourth-order valence-corrected chi connectivity index (χ4v) is 2.28. The van der Waals surface area contributed by atoms with E-state index in [1.807, 2.05) is 17.6 Å². The quantitative estimate of drug-likeness (QED) is 0.922. The summed E-state index contributed by atoms with van der Waals surface area (Å²) in [5.41, 5.74) is 6.89. The molecule has 0 fully saturated rings. The smallest absolute Gasteiger partial charge is 0.260 e. The highest BCUT2D eigenvalue weighted by Gasteiger charge is 2.09. The van der Waals surface area contributed by atoms with Gasteiger partial charge in [-0.3, -0.25) is 4.79 Å². The zero-order chi connectivity index (χ0) is 13.1. The first-order valence-corrected chi connectivity index (χ1v) is 6.86. The fraction of sp³-hybridized carbons (Fsp3) is 0.385. The van der Waals surface area contributed by atoms with Crippen LogP contribution in [0, 0.1) is 5.92 Å². The summed E-state index contributed by atoms with van der Waals surface area (Å²) < 4.78 is 1.74. The van der Waals surface area contributed by atoms with Crippen LogP contribution in [-0.2, 0) is 6.54 Å². The third-order valence-electron chi connectivity index (χ3n) is 2.77. The molecule has 2 rings (SSSR count). The molecule has 0 atom stereocenters. The maximum Gasteiger partial charge on any atom is 0.260 e. The Morgan fingerprint density at radius 3 is 2.89 bits per heavy atom. The maximum absolute atomic E-state index is 12.3. The molecule has 0 unspecified atom stereocenters. The summed E-state index contributed by atoms with van der Waals surface area (Å²) in [5, 5.41) is 2.31. The SMILES string of the molecule is CC(C)CCn1cccc(-c2csc(N)n2)c1=O. The van der Waals surface area contributed by atoms with Gasteiger partial charge in [-0.15, -0.1) is 11.3 Å². The molecule has 2 heterocycles. The van der Waals surface area contributed by atoms with Crippen molar-refractivity contribution < 1.29 is 0 Å². The third-order valence-corrected chi connectivity index (χ3v) is 3.44. The predicted molar refractivity (Wildman–Crippen MR) is 75.7 cm³/mol. The third kappa shape index (κ3) is 2.79. The van der Waals surface area contributed by atoms with Gasteiger partial charge in [-0.1, -0.05) is 13.8 Å². The Balaban J connectivity index is 2.33. The van der Waals surface area contributed by atoms with Crippen LogP contribution < -0.4 is 11.3 Å². The van der Waals surface area contributed by atoms with E-state index < -0.39 is 0 Å². The number of nitrogens with two attached hydrogens (primary N) is 1. The van der Waals surface area contributed by atoms with Crippen molar-refractivity contribution in [3.05, 3.63) is 34.1 Å². The molecule has 0 spiro atoms. The van der Waals surface area contributed by atoms with Crippen molar-refractivity contribution in [3.63, 3.8) is 0 Å². The van der Waals surface area contributed by atoms with Crippen LogP contribution in [0.5, 0.6) is 0 Å². The Labute approximate surface area is 110 Å². The number of hydrogen-bond acceptors (Lipinski definition) is 4. The van der Waals surface area contributed by atoms with E-state index in [4.69, 9.17) is 5.73 Å². The molecule has 0 bridgehead atoms. The molecule has 0 aliphatic carbocycles. The van der Waals surface area contributed by atoms with E-state index in [2.05, 4.69) is 18.8 Å². The summed E-state index contributed by atoms with van der Waals surface area (Å²) in [6.07, 6.45) is 2.81. The summed E-state index contributed by atoms with van der Waals surface area (Å²) in [4.78, 5) is 16.4. The lowest BCUT2D eigenvalue weighted by molar-refractivity contribution is 0.508. The van der Waals surface area contributed by atoms with Crippen molar-refractivity contribution in [2.45, 2.75) is 26.8 Å². The lowest BCUT2D eigenvalue weighted by Gasteiger charge is -2.08. The minimum Gasteiger partial charge on any atom is -0.375 e. The molecule has 2 aromatic rings. The standard InChI is InChI=1S/C13H17N3OS/c1-9(2)5-7-16-6-3-4-10(12(16)17)11-8-18-13(14)15-11/h3-4,6,8-9H,5,7H2,1-2H3,(H2,14,15). The molecule has 0 aliphatic rings. The Hall–Kier alpha value is -1.62. The second-order valence-electron chi connectivity index (χ2n) is 4.67. The molecule has 0 saturated heterocycles. The highest BCUT2D eigenvalue weighted by molar-refractivity contribution is 7.13. The van der Waals surface area contributed by atoms with Crippen LogP contribution in [0.3, 0.4) is 0 Å². The van der Waals surface area contributed by atoms with E-state index in [9.17, 15) is 4.79 Å². The number of nitrogen functional groups attached to an aromatic ring is 1. The van der Waals surface area contributed by atoms with Crippen LogP contribution in [0.25, 0.3) is 11.3 Å². The van der Waals surface area contributed by atoms with Gasteiger partial charge in [-0.25, -0.2) is 4.98 Å². The van der Waals surface area contributed by atoms with Crippen molar-refractivity contribution in [3.8, 4) is 11.3 Å². The summed E-state index contributed by atoms with van der Waals surface area (Å²) in [6.45, 7) is 5.04. The Bertz CT molecular complexity index is 586. The van der Waals surface area contributed by atoms with E-state index in [-0.39, 0.29) is 5.56 Å². The molecule has 0 aromatic carbocycles. The van der Waals surface area contributed by atoms with Crippen LogP contribution in [-0.4, -0.2) is 9.55 Å². The summed E-state index contributed by atoms with van der Waals surface area (Å²) in [6, 6.07) is 3.68. The number of pyridine rings is 1. The van der Waals surface area contributed by atoms with Gasteiger partial charge in [-0.05, 0) is 24.5 Å². The van der Waals surface area contributed by atoms with Gasteiger partial charge < -0.3 is 10.3 Å². The first-order valence-electron chi connectivity index (χ1n) is 5.98. The zero-order valence-corrected chi connectivity index (χ0v) is 11.4. The number of nitrogens with zero attached hydrogens (tertiary/aromatic N) is 2. The van der Waals surface area contributed by atoms with Gasteiger partial charge in [0.2, 0.25) is 0 Å². The monoisotopic (exact) mass is 263 g/mol. The highest BCUT2D eigenvalue weighted by atomic mass is 32.1. The van der Waals surface area contributed by atoms with Crippen molar-refractivity contribution in [1.82, 2.24) is 9.55 Å². The molecule has 0 saturated carbocycles. The molecular weight excluding hydrogens is 246 g/mol. The first-order chi connectivity index (χ1) is 8.58. The fourth-order valence-electron chi connectivity index (χ4n) is 1.72. The number of thiazole rings is 1. The van der Waals surface area contributed by atoms with E-state index in [1.165, 1.54) is 11.3 Å². The molecule has 0 aliphatic heterocycles. The van der Waals surface area contributed by atoms with Crippen LogP contribution in [0.4, 0.5) is 5.13 Å². The van der Waals surface area contributed by atoms with E-state index in [0.29, 0.717) is 22.3 Å². The molecule has 0 amide bonds. The van der Waals surface area contributed by atoms with Gasteiger partial charge in [0.05, 0.1) is 11.3 Å². The van der Waals surface area contributed by atoms with E-state index in [0.717, 1.165) is 13.0 Å². The summed E-state index contributed by atoms with van der Waals surface area (Å²) in [7, 11) is 0. The molecule has 0 radical (unpaired) electrons. The van der Waals surface area contributed by atoms with Gasteiger partial charge in [0, 0.05) is 18.1 Å². The van der Waals surface area contributed by atoms with Gasteiger partial charge in [-0.2, -0.15) is 0 Å². The normalized spacial score (nSPS) is 11.1. The van der Waals surface area contributed by atoms with Crippen molar-refractivity contribution in [2.24, 2.45) is 5.92 Å². The van der Waals surface area contributed by atoms with Gasteiger partial charge in [0.1, 0.15) is 0 Å². The van der Waals surface area contributed by atoms with Crippen molar-refractivity contribution >= 4 is 16.5 Å². The second-order valence-corrected chi connectivity index (χ2v) is 5.56. The van der Waals surface area contributed by atoms with Gasteiger partial charge in [0.25, 0.3) is 5.56 Å². The van der Waals surface area contributed by atoms with E-state index in [1.54, 1.807) is 10.6 Å². The molecular formula is C13H17N3OS. The van der Waals surface area contributed by atoms with Crippen molar-refractivity contribution in [1.29, 1.82) is 0 Å². The van der Waals surface area contributed by atoms with Gasteiger partial charge >= 0.3 is 0 Å². The summed E-state index contributed by atoms with van der Waals surface area (Å²) in [5.74, 6) is 0.579. The highest BCUT2D eigenvalue weighted by Crippen LogP contribution is 2.19. The molecule has 2 aromatic heterocycles. The molecule has 4 nitrogen and oxygen atoms in total. The minimum absolute atomic E-state index is 0.00319. The molecule has 5 heteroatoms. The second kappa shape index (κ2) is 5.35. The first kappa shape index (κ1) is 12.8. The van der Waals surface area contributed by atoms with Crippen LogP contribution in [0.1, 0.15) is 20.3 Å². The minimum atomic E-state index is 0.00319. The van der Waals surface area contributed by atoms with Gasteiger partial charge in [0.15, 0.2) is 5.13 Å². The lowest BCUT2D eigenvalue weighted by Crippen LogP contribution is -2.21. The Morgan fingerprint density at radius 2 is 2.28 bits per heavy atom. The molecule has 96 valence electrons. The average Bonchev–Trinajstić information content (AvgIpc) is 2.74. The zero-order valence-electron chi connectivity index (χ0n) is 10.6. The molecule has 18 heavy (non-hydrogen) atoms. The number of aryl methyl sites for hydroxylation is 1. The topological polar surface area (TPSA) is 60.9 Å². The number of rotatable bonds is 4. The van der Waals surface area contributed by atoms with E-state index >= 15 is 0 Å². The van der Waals surface area contributed by atoms with Crippen molar-refractivity contribution in [2.75, 3.05) is 5.73 Å². The predicted octanol–water partition coefficient (Wildman–Crippen LogP) is 2.60. The van der Waals surface area contributed by atoms with Crippen LogP contribution in [0.15, 0.2) is 28.5 Å². The number of aromatic nitrogens is 2. The number of hydrogen-bond donors (Lipinski definition) is 1. The Kier molecular flexibility index (Phi) is 3.81. The van der Waals surface area contributed by atoms with Crippen LogP contribution in [0.2, 0.25) is 0 Å². The van der Waals surface area contributed by atoms with Crippen LogP contribution >= 0.6 is 11.3 Å². The molecule has 2 N–H and O–H groups in total. The lowest BCUT2D eigenvalue weighted by atomic mass is 10.1. The largest absolute Gasteiger partial charge is 0.375 e. The Morgan fingerprint density at radius 1 is 1.50 bits per heavy atom. The number of anilines is 1. The average molecular weight is 263 g/mol. The summed E-state index contributed by atoms with van der Waals surface area (Å²) >= 11 is 1.35. The maximum atomic E-state index is 12.3.